The summed E-state index contributed by atoms with van der Waals surface area (Å²) in [4.78, 5) is 23.7. The Morgan fingerprint density at radius 3 is 2.50 bits per heavy atom. The molecule has 1 aromatic carbocycles. The molecule has 1 N–H and O–H groups in total. The molecule has 2 aliphatic heterocycles. The first-order valence-electron chi connectivity index (χ1n) is 11.5. The van der Waals surface area contributed by atoms with Gasteiger partial charge in [-0.25, -0.2) is 9.18 Å². The topological polar surface area (TPSA) is 72.3 Å². The predicted octanol–water partition coefficient (Wildman–Crippen LogP) is 3.92. The van der Waals surface area contributed by atoms with Crippen LogP contribution in [0, 0.1) is 5.82 Å². The molecule has 0 aliphatic carbocycles. The lowest BCUT2D eigenvalue weighted by molar-refractivity contribution is -0.137. The van der Waals surface area contributed by atoms with E-state index in [2.05, 4.69) is 15.3 Å². The smallest absolute Gasteiger partial charge is 0.379 e. The molecule has 0 saturated carbocycles. The number of alkyl halides is 3. The van der Waals surface area contributed by atoms with Crippen molar-refractivity contribution in [2.75, 3.05) is 30.9 Å². The standard InChI is InChI=1S/C24H25F4N5O2S/c1-12-8-32(9-13(2)30-12)22-16-6-17(24(26,27)28)19(18-5-4-14(25)7-29-18)21-20(16)33(23(34)31-22)10-15(35-3)11-36-21/h4-7,12-13,15,30H,8-11H2,1-3H3/t12-,13+,15-/m0/s1. The molecule has 7 nitrogen and oxygen atoms in total. The summed E-state index contributed by atoms with van der Waals surface area (Å²) in [6, 6.07) is 3.47. The first-order valence-corrected chi connectivity index (χ1v) is 12.5. The van der Waals surface area contributed by atoms with Crippen molar-refractivity contribution < 1.29 is 22.3 Å². The van der Waals surface area contributed by atoms with Gasteiger partial charge in [0.05, 0.1) is 35.6 Å². The van der Waals surface area contributed by atoms with Crippen LogP contribution in [0.4, 0.5) is 23.4 Å². The van der Waals surface area contributed by atoms with Gasteiger partial charge >= 0.3 is 11.9 Å². The molecule has 3 aromatic rings. The number of piperazine rings is 1. The van der Waals surface area contributed by atoms with Crippen molar-refractivity contribution in [2.24, 2.45) is 0 Å². The maximum Gasteiger partial charge on any atom is 0.417 e. The summed E-state index contributed by atoms with van der Waals surface area (Å²) < 4.78 is 64.2. The van der Waals surface area contributed by atoms with Crippen LogP contribution in [-0.2, 0) is 17.5 Å². The van der Waals surface area contributed by atoms with Crippen LogP contribution in [0.1, 0.15) is 19.4 Å². The maximum atomic E-state index is 14.5. The quantitative estimate of drug-likeness (QED) is 0.522. The Kier molecular flexibility index (Phi) is 6.46. The number of rotatable bonds is 3. The van der Waals surface area contributed by atoms with Crippen LogP contribution in [0.5, 0.6) is 0 Å². The van der Waals surface area contributed by atoms with Crippen LogP contribution in [0.25, 0.3) is 22.2 Å². The average molecular weight is 524 g/mol. The van der Waals surface area contributed by atoms with Crippen LogP contribution in [0.15, 0.2) is 34.1 Å². The van der Waals surface area contributed by atoms with E-state index in [0.29, 0.717) is 24.4 Å². The molecular formula is C24H25F4N5O2S. The second kappa shape index (κ2) is 9.31. The molecular weight excluding hydrogens is 498 g/mol. The lowest BCUT2D eigenvalue weighted by Crippen LogP contribution is -2.55. The summed E-state index contributed by atoms with van der Waals surface area (Å²) >= 11 is 1.18. The summed E-state index contributed by atoms with van der Waals surface area (Å²) in [6.45, 7) is 5.08. The van der Waals surface area contributed by atoms with E-state index in [1.54, 1.807) is 0 Å². The molecule has 0 amide bonds. The number of benzene rings is 1. The number of methoxy groups -OCH3 is 1. The highest BCUT2D eigenvalue weighted by Crippen LogP contribution is 2.47. The molecule has 3 atom stereocenters. The molecule has 5 rings (SSSR count). The van der Waals surface area contributed by atoms with E-state index >= 15 is 0 Å². The maximum absolute atomic E-state index is 14.5. The van der Waals surface area contributed by atoms with E-state index in [-0.39, 0.29) is 46.0 Å². The zero-order valence-corrected chi connectivity index (χ0v) is 20.7. The van der Waals surface area contributed by atoms with Gasteiger partial charge in [0.25, 0.3) is 0 Å². The largest absolute Gasteiger partial charge is 0.417 e. The third kappa shape index (κ3) is 4.46. The number of pyridine rings is 1. The minimum absolute atomic E-state index is 0.0224. The van der Waals surface area contributed by atoms with Crippen LogP contribution in [-0.4, -0.2) is 58.7 Å². The van der Waals surface area contributed by atoms with Crippen molar-refractivity contribution in [2.45, 2.75) is 49.7 Å². The first-order chi connectivity index (χ1) is 17.1. The highest BCUT2D eigenvalue weighted by molar-refractivity contribution is 7.99. The highest BCUT2D eigenvalue weighted by atomic mass is 32.2. The number of nitrogens with one attached hydrogen (secondary N) is 1. The fraction of sp³-hybridized carbons (Fsp3) is 0.458. The molecule has 0 unspecified atom stereocenters. The van der Waals surface area contributed by atoms with Crippen molar-refractivity contribution in [3.63, 3.8) is 0 Å². The van der Waals surface area contributed by atoms with Crippen LogP contribution in [0.2, 0.25) is 0 Å². The lowest BCUT2D eigenvalue weighted by Gasteiger charge is -2.37. The van der Waals surface area contributed by atoms with Crippen LogP contribution < -0.4 is 15.9 Å². The molecule has 0 spiro atoms. The molecule has 4 heterocycles. The number of hydrogen-bond donors (Lipinski definition) is 1. The van der Waals surface area contributed by atoms with Gasteiger partial charge in [0.2, 0.25) is 0 Å². The Bertz CT molecular complexity index is 1350. The zero-order valence-electron chi connectivity index (χ0n) is 19.9. The number of hydrogen-bond acceptors (Lipinski definition) is 7. The molecule has 0 radical (unpaired) electrons. The van der Waals surface area contributed by atoms with E-state index in [0.717, 1.165) is 18.3 Å². The fourth-order valence-corrected chi connectivity index (χ4v) is 6.33. The highest BCUT2D eigenvalue weighted by Gasteiger charge is 2.39. The summed E-state index contributed by atoms with van der Waals surface area (Å²) in [5.41, 5.74) is -1.30. The van der Waals surface area contributed by atoms with E-state index in [4.69, 9.17) is 4.74 Å². The monoisotopic (exact) mass is 523 g/mol. The molecule has 192 valence electrons. The summed E-state index contributed by atoms with van der Waals surface area (Å²) in [7, 11) is 1.50. The molecule has 1 saturated heterocycles. The van der Waals surface area contributed by atoms with Gasteiger partial charge in [-0.3, -0.25) is 9.55 Å². The van der Waals surface area contributed by atoms with Crippen molar-refractivity contribution in [1.29, 1.82) is 0 Å². The van der Waals surface area contributed by atoms with E-state index in [1.807, 2.05) is 18.7 Å². The number of halogens is 4. The predicted molar refractivity (Wildman–Crippen MR) is 130 cm³/mol. The van der Waals surface area contributed by atoms with E-state index < -0.39 is 29.4 Å². The van der Waals surface area contributed by atoms with Gasteiger partial charge in [0.15, 0.2) is 0 Å². The van der Waals surface area contributed by atoms with Gasteiger partial charge in [-0.1, -0.05) is 0 Å². The second-order valence-electron chi connectivity index (χ2n) is 9.25. The number of aromatic nitrogens is 3. The minimum atomic E-state index is -4.73. The number of ether oxygens (including phenoxy) is 1. The third-order valence-corrected chi connectivity index (χ3v) is 7.70. The SMILES string of the molecule is CO[C@@H]1CSc2c(-c3ccc(F)cn3)c(C(F)(F)F)cc3c(N4C[C@@H](C)N[C@@H](C)C4)nc(=O)n(c23)C1. The third-order valence-electron chi connectivity index (χ3n) is 6.48. The Morgan fingerprint density at radius 1 is 1.17 bits per heavy atom. The summed E-state index contributed by atoms with van der Waals surface area (Å²) in [6.07, 6.45) is -4.26. The normalized spacial score (nSPS) is 22.6. The van der Waals surface area contributed by atoms with E-state index in [1.165, 1.54) is 29.5 Å². The van der Waals surface area contributed by atoms with Gasteiger partial charge in [-0.2, -0.15) is 18.2 Å². The van der Waals surface area contributed by atoms with E-state index in [9.17, 15) is 22.4 Å². The van der Waals surface area contributed by atoms with Gasteiger partial charge in [-0.15, -0.1) is 11.8 Å². The molecule has 36 heavy (non-hydrogen) atoms. The Morgan fingerprint density at radius 2 is 1.89 bits per heavy atom. The molecule has 12 heteroatoms. The Labute approximate surface area is 208 Å². The number of nitrogens with zero attached hydrogens (tertiary/aromatic N) is 4. The molecule has 1 fully saturated rings. The van der Waals surface area contributed by atoms with Gasteiger partial charge in [0, 0.05) is 53.9 Å². The Balaban J connectivity index is 1.88. The van der Waals surface area contributed by atoms with Crippen molar-refractivity contribution in [1.82, 2.24) is 19.9 Å². The average Bonchev–Trinajstić information content (AvgIpc) is 3.01. The number of anilines is 1. The summed E-state index contributed by atoms with van der Waals surface area (Å²) in [5.74, 6) is -0.108. The Hall–Kier alpha value is -2.70. The van der Waals surface area contributed by atoms with Crippen molar-refractivity contribution in [3.8, 4) is 11.3 Å². The zero-order chi connectivity index (χ0) is 25.8. The molecule has 2 aromatic heterocycles. The van der Waals surface area contributed by atoms with Crippen LogP contribution in [0.3, 0.4) is 0 Å². The second-order valence-corrected chi connectivity index (χ2v) is 10.3. The minimum Gasteiger partial charge on any atom is -0.379 e. The number of thioether (sulfide) groups is 1. The summed E-state index contributed by atoms with van der Waals surface area (Å²) in [5, 5.41) is 3.63. The molecule has 0 bridgehead atoms. The lowest BCUT2D eigenvalue weighted by atomic mass is 9.99. The molecule has 2 aliphatic rings. The van der Waals surface area contributed by atoms with Crippen molar-refractivity contribution >= 4 is 28.5 Å². The van der Waals surface area contributed by atoms with Crippen molar-refractivity contribution in [3.05, 3.63) is 46.3 Å². The fourth-order valence-electron chi connectivity index (χ4n) is 5.02. The first kappa shape index (κ1) is 25.0. The van der Waals surface area contributed by atoms with Gasteiger partial charge in [0.1, 0.15) is 11.6 Å². The van der Waals surface area contributed by atoms with Gasteiger partial charge < -0.3 is 15.0 Å². The van der Waals surface area contributed by atoms with Crippen LogP contribution >= 0.6 is 11.8 Å². The van der Waals surface area contributed by atoms with Gasteiger partial charge in [-0.05, 0) is 32.0 Å².